The predicted molar refractivity (Wildman–Crippen MR) is 69.7 cm³/mol. The number of nitrogens with one attached hydrogen (secondary N) is 1. The lowest BCUT2D eigenvalue weighted by atomic mass is 9.83. The molecule has 1 amide bonds. The van der Waals surface area contributed by atoms with Crippen LogP contribution >= 0.6 is 0 Å². The minimum atomic E-state index is -0.121. The van der Waals surface area contributed by atoms with Gasteiger partial charge in [0, 0.05) is 12.5 Å². The molecule has 1 aromatic carbocycles. The Balaban J connectivity index is 1.93. The maximum absolute atomic E-state index is 12.0. The van der Waals surface area contributed by atoms with E-state index in [-0.39, 0.29) is 17.7 Å². The Morgan fingerprint density at radius 3 is 2.94 bits per heavy atom. The van der Waals surface area contributed by atoms with Crippen molar-refractivity contribution in [2.75, 3.05) is 6.54 Å². The largest absolute Gasteiger partial charge is 0.355 e. The minimum Gasteiger partial charge on any atom is -0.355 e. The standard InChI is InChI=1S/C15H18N2O/c1-11(9-16)10-17-15(18)14-7-6-12-4-2-3-5-13(12)8-14/h2-5,11,14H,6-8,10H2,1H3,(H,17,18). The lowest BCUT2D eigenvalue weighted by Crippen LogP contribution is -2.36. The van der Waals surface area contributed by atoms with E-state index in [0.717, 1.165) is 19.3 Å². The average Bonchev–Trinajstić information content (AvgIpc) is 2.43. The van der Waals surface area contributed by atoms with E-state index in [0.29, 0.717) is 6.54 Å². The van der Waals surface area contributed by atoms with Crippen molar-refractivity contribution >= 4 is 5.91 Å². The first-order valence-electron chi connectivity index (χ1n) is 6.45. The molecule has 0 aromatic heterocycles. The number of fused-ring (bicyclic) bond motifs is 1. The number of hydrogen-bond acceptors (Lipinski definition) is 2. The van der Waals surface area contributed by atoms with E-state index in [4.69, 9.17) is 5.26 Å². The lowest BCUT2D eigenvalue weighted by molar-refractivity contribution is -0.125. The summed E-state index contributed by atoms with van der Waals surface area (Å²) in [6, 6.07) is 10.4. The SMILES string of the molecule is CC(C#N)CNC(=O)C1CCc2ccccc2C1. The van der Waals surface area contributed by atoms with E-state index < -0.39 is 0 Å². The number of aryl methyl sites for hydroxylation is 1. The van der Waals surface area contributed by atoms with Gasteiger partial charge in [-0.25, -0.2) is 0 Å². The number of amides is 1. The van der Waals surface area contributed by atoms with Crippen molar-refractivity contribution in [2.45, 2.75) is 26.2 Å². The molecule has 0 saturated carbocycles. The van der Waals surface area contributed by atoms with Gasteiger partial charge in [-0.3, -0.25) is 4.79 Å². The number of carbonyl (C=O) groups excluding carboxylic acids is 1. The van der Waals surface area contributed by atoms with Gasteiger partial charge in [-0.15, -0.1) is 0 Å². The summed E-state index contributed by atoms with van der Waals surface area (Å²) in [4.78, 5) is 12.0. The van der Waals surface area contributed by atoms with Crippen molar-refractivity contribution < 1.29 is 4.79 Å². The van der Waals surface area contributed by atoms with E-state index in [1.54, 1.807) is 0 Å². The summed E-state index contributed by atoms with van der Waals surface area (Å²) in [6.07, 6.45) is 2.70. The van der Waals surface area contributed by atoms with Crippen LogP contribution in [-0.4, -0.2) is 12.5 Å². The molecule has 3 heteroatoms. The van der Waals surface area contributed by atoms with Crippen LogP contribution in [0.1, 0.15) is 24.5 Å². The van der Waals surface area contributed by atoms with Crippen molar-refractivity contribution in [3.63, 3.8) is 0 Å². The summed E-state index contributed by atoms with van der Waals surface area (Å²) in [6.45, 7) is 2.27. The van der Waals surface area contributed by atoms with Gasteiger partial charge < -0.3 is 5.32 Å². The second-order valence-electron chi connectivity index (χ2n) is 4.98. The van der Waals surface area contributed by atoms with Crippen LogP contribution in [0.5, 0.6) is 0 Å². The minimum absolute atomic E-state index is 0.0609. The van der Waals surface area contributed by atoms with Crippen LogP contribution < -0.4 is 5.32 Å². The smallest absolute Gasteiger partial charge is 0.223 e. The Labute approximate surface area is 108 Å². The maximum Gasteiger partial charge on any atom is 0.223 e. The van der Waals surface area contributed by atoms with Crippen LogP contribution in [-0.2, 0) is 17.6 Å². The fourth-order valence-electron chi connectivity index (χ4n) is 2.37. The average molecular weight is 242 g/mol. The molecule has 1 aliphatic rings. The second kappa shape index (κ2) is 5.68. The van der Waals surface area contributed by atoms with Gasteiger partial charge in [0.05, 0.1) is 12.0 Å². The highest BCUT2D eigenvalue weighted by Gasteiger charge is 2.24. The van der Waals surface area contributed by atoms with Gasteiger partial charge in [-0.1, -0.05) is 24.3 Å². The van der Waals surface area contributed by atoms with Crippen molar-refractivity contribution in [3.05, 3.63) is 35.4 Å². The quantitative estimate of drug-likeness (QED) is 0.882. The molecule has 0 aliphatic heterocycles. The van der Waals surface area contributed by atoms with Crippen LogP contribution in [0, 0.1) is 23.2 Å². The fraction of sp³-hybridized carbons (Fsp3) is 0.467. The zero-order valence-electron chi connectivity index (χ0n) is 10.6. The Morgan fingerprint density at radius 2 is 2.22 bits per heavy atom. The number of nitriles is 1. The lowest BCUT2D eigenvalue weighted by Gasteiger charge is -2.23. The highest BCUT2D eigenvalue weighted by molar-refractivity contribution is 5.79. The zero-order valence-corrected chi connectivity index (χ0v) is 10.6. The molecular weight excluding hydrogens is 224 g/mol. The molecule has 2 unspecified atom stereocenters. The summed E-state index contributed by atoms with van der Waals surface area (Å²) >= 11 is 0. The Morgan fingerprint density at radius 1 is 1.50 bits per heavy atom. The van der Waals surface area contributed by atoms with E-state index in [9.17, 15) is 4.79 Å². The van der Waals surface area contributed by atoms with Crippen LogP contribution in [0.15, 0.2) is 24.3 Å². The number of carbonyl (C=O) groups is 1. The van der Waals surface area contributed by atoms with E-state index in [1.165, 1.54) is 11.1 Å². The maximum atomic E-state index is 12.0. The van der Waals surface area contributed by atoms with Crippen molar-refractivity contribution in [2.24, 2.45) is 11.8 Å². The number of rotatable bonds is 3. The monoisotopic (exact) mass is 242 g/mol. The Hall–Kier alpha value is -1.82. The fourth-order valence-corrected chi connectivity index (χ4v) is 2.37. The highest BCUT2D eigenvalue weighted by atomic mass is 16.1. The van der Waals surface area contributed by atoms with Crippen molar-refractivity contribution in [1.82, 2.24) is 5.32 Å². The molecule has 0 fully saturated rings. The molecule has 3 nitrogen and oxygen atoms in total. The van der Waals surface area contributed by atoms with E-state index in [2.05, 4.69) is 23.5 Å². The molecular formula is C15H18N2O. The number of benzene rings is 1. The molecule has 1 aliphatic carbocycles. The first kappa shape index (κ1) is 12.6. The van der Waals surface area contributed by atoms with Gasteiger partial charge in [0.15, 0.2) is 0 Å². The highest BCUT2D eigenvalue weighted by Crippen LogP contribution is 2.25. The third-order valence-corrected chi connectivity index (χ3v) is 3.52. The summed E-state index contributed by atoms with van der Waals surface area (Å²) < 4.78 is 0. The van der Waals surface area contributed by atoms with Crippen molar-refractivity contribution in [1.29, 1.82) is 5.26 Å². The Bertz CT molecular complexity index is 476. The molecule has 1 aromatic rings. The number of hydrogen-bond donors (Lipinski definition) is 1. The van der Waals surface area contributed by atoms with Crippen LogP contribution in [0.4, 0.5) is 0 Å². The van der Waals surface area contributed by atoms with E-state index >= 15 is 0 Å². The molecule has 94 valence electrons. The third kappa shape index (κ3) is 2.89. The van der Waals surface area contributed by atoms with Gasteiger partial charge in [0.25, 0.3) is 0 Å². The van der Waals surface area contributed by atoms with Crippen LogP contribution in [0.25, 0.3) is 0 Å². The predicted octanol–water partition coefficient (Wildman–Crippen LogP) is 2.07. The Kier molecular flexibility index (Phi) is 3.99. The first-order valence-corrected chi connectivity index (χ1v) is 6.45. The third-order valence-electron chi connectivity index (χ3n) is 3.52. The summed E-state index contributed by atoms with van der Waals surface area (Å²) in [7, 11) is 0. The molecule has 0 radical (unpaired) electrons. The molecule has 18 heavy (non-hydrogen) atoms. The summed E-state index contributed by atoms with van der Waals surface area (Å²) in [5.41, 5.74) is 2.66. The van der Waals surface area contributed by atoms with Gasteiger partial charge in [-0.2, -0.15) is 5.26 Å². The molecule has 0 saturated heterocycles. The zero-order chi connectivity index (χ0) is 13.0. The second-order valence-corrected chi connectivity index (χ2v) is 4.98. The molecule has 1 N–H and O–H groups in total. The molecule has 0 heterocycles. The molecule has 0 spiro atoms. The van der Waals surface area contributed by atoms with Gasteiger partial charge in [-0.05, 0) is 37.3 Å². The van der Waals surface area contributed by atoms with Gasteiger partial charge in [0.2, 0.25) is 5.91 Å². The molecule has 2 atom stereocenters. The van der Waals surface area contributed by atoms with Crippen molar-refractivity contribution in [3.8, 4) is 6.07 Å². The number of nitrogens with zero attached hydrogens (tertiary/aromatic N) is 1. The topological polar surface area (TPSA) is 52.9 Å². The molecule has 0 bridgehead atoms. The summed E-state index contributed by atoms with van der Waals surface area (Å²) in [5, 5.41) is 11.6. The van der Waals surface area contributed by atoms with Gasteiger partial charge in [0.1, 0.15) is 0 Å². The van der Waals surface area contributed by atoms with Gasteiger partial charge >= 0.3 is 0 Å². The molecule has 2 rings (SSSR count). The van der Waals surface area contributed by atoms with Crippen LogP contribution in [0.3, 0.4) is 0 Å². The normalized spacial score (nSPS) is 19.4. The van der Waals surface area contributed by atoms with Crippen LogP contribution in [0.2, 0.25) is 0 Å². The summed E-state index contributed by atoms with van der Waals surface area (Å²) in [5.74, 6) is 0.0298. The first-order chi connectivity index (χ1) is 8.70. The van der Waals surface area contributed by atoms with E-state index in [1.807, 2.05) is 19.1 Å².